The number of rotatable bonds is 2. The van der Waals surface area contributed by atoms with Crippen LogP contribution < -0.4 is 4.87 Å². The molecular formula is C13H17N3O3S. The molecule has 108 valence electrons. The lowest BCUT2D eigenvalue weighted by Crippen LogP contribution is -2.49. The molecule has 1 unspecified atom stereocenters. The van der Waals surface area contributed by atoms with Crippen molar-refractivity contribution in [2.45, 2.75) is 38.3 Å². The standard InChI is InChI=1S/C13H17N3O3S/c17-11-4-6-15(7-9-8-20-13(19)14-9)12(18)10-3-1-2-5-16(10)11/h8,10H,1-7H2,(H,14,19). The number of hydrogen-bond donors (Lipinski definition) is 1. The van der Waals surface area contributed by atoms with Gasteiger partial charge in [-0.2, -0.15) is 0 Å². The molecule has 2 fully saturated rings. The number of aromatic nitrogens is 1. The number of fused-ring (bicyclic) bond motifs is 1. The first-order valence-electron chi connectivity index (χ1n) is 6.90. The van der Waals surface area contributed by atoms with E-state index in [9.17, 15) is 14.4 Å². The summed E-state index contributed by atoms with van der Waals surface area (Å²) in [5.41, 5.74) is 0.741. The average Bonchev–Trinajstić information content (AvgIpc) is 2.82. The first kappa shape index (κ1) is 13.4. The summed E-state index contributed by atoms with van der Waals surface area (Å²) in [5.74, 6) is 0.0898. The summed E-state index contributed by atoms with van der Waals surface area (Å²) in [5, 5.41) is 1.74. The third-order valence-corrected chi connectivity index (χ3v) is 4.67. The van der Waals surface area contributed by atoms with Gasteiger partial charge in [-0.1, -0.05) is 11.3 Å². The highest BCUT2D eigenvalue weighted by atomic mass is 32.1. The number of aromatic amines is 1. The fraction of sp³-hybridized carbons (Fsp3) is 0.615. The second kappa shape index (κ2) is 5.40. The van der Waals surface area contributed by atoms with E-state index in [1.165, 1.54) is 0 Å². The fourth-order valence-corrected chi connectivity index (χ4v) is 3.51. The van der Waals surface area contributed by atoms with Crippen LogP contribution in [-0.4, -0.2) is 45.7 Å². The van der Waals surface area contributed by atoms with Crippen molar-refractivity contribution in [1.29, 1.82) is 0 Å². The topological polar surface area (TPSA) is 73.5 Å². The van der Waals surface area contributed by atoms with Gasteiger partial charge in [0.05, 0.1) is 6.54 Å². The predicted octanol–water partition coefficient (Wildman–Crippen LogP) is 0.550. The van der Waals surface area contributed by atoms with Gasteiger partial charge in [-0.25, -0.2) is 0 Å². The molecule has 0 bridgehead atoms. The van der Waals surface area contributed by atoms with Gasteiger partial charge in [-0.3, -0.25) is 14.4 Å². The van der Waals surface area contributed by atoms with Crippen molar-refractivity contribution in [2.24, 2.45) is 0 Å². The van der Waals surface area contributed by atoms with E-state index in [0.717, 1.165) is 36.3 Å². The Morgan fingerprint density at radius 1 is 1.25 bits per heavy atom. The first-order chi connectivity index (χ1) is 9.65. The highest BCUT2D eigenvalue weighted by Crippen LogP contribution is 2.23. The van der Waals surface area contributed by atoms with Crippen molar-refractivity contribution in [3.05, 3.63) is 20.7 Å². The van der Waals surface area contributed by atoms with Gasteiger partial charge in [0, 0.05) is 30.6 Å². The Labute approximate surface area is 120 Å². The molecular weight excluding hydrogens is 278 g/mol. The zero-order chi connectivity index (χ0) is 14.1. The quantitative estimate of drug-likeness (QED) is 0.866. The van der Waals surface area contributed by atoms with Crippen LogP contribution in [0.25, 0.3) is 0 Å². The largest absolute Gasteiger partial charge is 0.335 e. The van der Waals surface area contributed by atoms with Gasteiger partial charge in [0.2, 0.25) is 11.8 Å². The fourth-order valence-electron chi connectivity index (χ4n) is 2.94. The van der Waals surface area contributed by atoms with Gasteiger partial charge in [-0.05, 0) is 19.3 Å². The second-order valence-corrected chi connectivity index (χ2v) is 6.12. The van der Waals surface area contributed by atoms with E-state index in [-0.39, 0.29) is 22.7 Å². The third kappa shape index (κ3) is 2.49. The van der Waals surface area contributed by atoms with Crippen LogP contribution in [0.15, 0.2) is 10.2 Å². The maximum atomic E-state index is 12.6. The Morgan fingerprint density at radius 2 is 2.10 bits per heavy atom. The smallest absolute Gasteiger partial charge is 0.304 e. The minimum atomic E-state index is -0.302. The summed E-state index contributed by atoms with van der Waals surface area (Å²) in [4.78, 5) is 41.9. The highest BCUT2D eigenvalue weighted by Gasteiger charge is 2.37. The minimum absolute atomic E-state index is 0.0163. The summed E-state index contributed by atoms with van der Waals surface area (Å²) in [6.07, 6.45) is 3.09. The van der Waals surface area contributed by atoms with Crippen LogP contribution in [0.3, 0.4) is 0 Å². The number of carbonyl (C=O) groups excluding carboxylic acids is 2. The maximum Gasteiger partial charge on any atom is 0.304 e. The van der Waals surface area contributed by atoms with Crippen LogP contribution in [0.1, 0.15) is 31.4 Å². The summed E-state index contributed by atoms with van der Waals surface area (Å²) in [6, 6.07) is -0.302. The lowest BCUT2D eigenvalue weighted by atomic mass is 10.0. The molecule has 0 radical (unpaired) electrons. The van der Waals surface area contributed by atoms with Gasteiger partial charge in [0.15, 0.2) is 0 Å². The van der Waals surface area contributed by atoms with Crippen LogP contribution >= 0.6 is 11.3 Å². The van der Waals surface area contributed by atoms with Crippen LogP contribution in [0.4, 0.5) is 0 Å². The van der Waals surface area contributed by atoms with Gasteiger partial charge in [0.1, 0.15) is 6.04 Å². The van der Waals surface area contributed by atoms with Crippen molar-refractivity contribution >= 4 is 23.2 Å². The van der Waals surface area contributed by atoms with Gasteiger partial charge < -0.3 is 14.8 Å². The number of piperidine rings is 1. The zero-order valence-electron chi connectivity index (χ0n) is 11.1. The van der Waals surface area contributed by atoms with Crippen LogP contribution in [0.2, 0.25) is 0 Å². The Hall–Kier alpha value is -1.63. The monoisotopic (exact) mass is 295 g/mol. The van der Waals surface area contributed by atoms with E-state index in [1.807, 2.05) is 0 Å². The van der Waals surface area contributed by atoms with Crippen molar-refractivity contribution in [3.63, 3.8) is 0 Å². The van der Waals surface area contributed by atoms with Crippen molar-refractivity contribution < 1.29 is 9.59 Å². The van der Waals surface area contributed by atoms with E-state index in [2.05, 4.69) is 4.98 Å². The normalized spacial score (nSPS) is 23.7. The second-order valence-electron chi connectivity index (χ2n) is 5.28. The van der Waals surface area contributed by atoms with Crippen LogP contribution in [0, 0.1) is 0 Å². The summed E-state index contributed by atoms with van der Waals surface area (Å²) in [7, 11) is 0. The van der Waals surface area contributed by atoms with Gasteiger partial charge >= 0.3 is 4.87 Å². The molecule has 3 rings (SSSR count). The number of amides is 2. The molecule has 7 heteroatoms. The molecule has 2 saturated heterocycles. The Kier molecular flexibility index (Phi) is 3.60. The lowest BCUT2D eigenvalue weighted by molar-refractivity contribution is -0.143. The van der Waals surface area contributed by atoms with Crippen molar-refractivity contribution in [3.8, 4) is 0 Å². The van der Waals surface area contributed by atoms with Crippen molar-refractivity contribution in [2.75, 3.05) is 13.1 Å². The van der Waals surface area contributed by atoms with Gasteiger partial charge in [-0.15, -0.1) is 0 Å². The molecule has 20 heavy (non-hydrogen) atoms. The molecule has 1 N–H and O–H groups in total. The Bertz CT molecular complexity index is 579. The van der Waals surface area contributed by atoms with E-state index < -0.39 is 0 Å². The molecule has 2 aliphatic rings. The summed E-state index contributed by atoms with van der Waals surface area (Å²) >= 11 is 1.10. The number of nitrogens with one attached hydrogen (secondary N) is 1. The van der Waals surface area contributed by atoms with E-state index in [4.69, 9.17) is 0 Å². The molecule has 2 aliphatic heterocycles. The third-order valence-electron chi connectivity index (χ3n) is 3.95. The summed E-state index contributed by atoms with van der Waals surface area (Å²) in [6.45, 7) is 1.51. The lowest BCUT2D eigenvalue weighted by Gasteiger charge is -2.34. The van der Waals surface area contributed by atoms with E-state index >= 15 is 0 Å². The number of thiazole rings is 1. The van der Waals surface area contributed by atoms with Crippen LogP contribution in [0.5, 0.6) is 0 Å². The van der Waals surface area contributed by atoms with Crippen molar-refractivity contribution in [1.82, 2.24) is 14.8 Å². The van der Waals surface area contributed by atoms with Crippen LogP contribution in [-0.2, 0) is 16.1 Å². The molecule has 1 aromatic rings. The minimum Gasteiger partial charge on any atom is -0.335 e. The molecule has 1 aromatic heterocycles. The average molecular weight is 295 g/mol. The number of hydrogen-bond acceptors (Lipinski definition) is 4. The molecule has 0 saturated carbocycles. The van der Waals surface area contributed by atoms with Gasteiger partial charge in [0.25, 0.3) is 0 Å². The SMILES string of the molecule is O=C1C2CCCCN2C(=O)CCN1Cc1csc(=O)[nH]1. The molecule has 0 aliphatic carbocycles. The highest BCUT2D eigenvalue weighted by molar-refractivity contribution is 7.07. The predicted molar refractivity (Wildman–Crippen MR) is 74.3 cm³/mol. The zero-order valence-corrected chi connectivity index (χ0v) is 11.9. The molecule has 0 spiro atoms. The van der Waals surface area contributed by atoms with E-state index in [1.54, 1.807) is 15.2 Å². The number of carbonyl (C=O) groups is 2. The molecule has 1 atom stereocenters. The Balaban J connectivity index is 1.79. The number of H-pyrrole nitrogens is 1. The maximum absolute atomic E-state index is 12.6. The molecule has 6 nitrogen and oxygen atoms in total. The molecule has 0 aromatic carbocycles. The first-order valence-corrected chi connectivity index (χ1v) is 7.78. The van der Waals surface area contributed by atoms with E-state index in [0.29, 0.717) is 26.1 Å². The molecule has 3 heterocycles. The number of nitrogens with zero attached hydrogens (tertiary/aromatic N) is 2. The summed E-state index contributed by atoms with van der Waals surface area (Å²) < 4.78 is 0. The molecule has 2 amide bonds. The Morgan fingerprint density at radius 3 is 2.85 bits per heavy atom.